The summed E-state index contributed by atoms with van der Waals surface area (Å²) in [5, 5.41) is 2.60. The normalized spacial score (nSPS) is 13.4. The van der Waals surface area contributed by atoms with Crippen LogP contribution in [-0.2, 0) is 23.8 Å². The number of amides is 2. The third kappa shape index (κ3) is 6.41. The first-order chi connectivity index (χ1) is 13.2. The van der Waals surface area contributed by atoms with Gasteiger partial charge in [-0.25, -0.2) is 4.79 Å². The van der Waals surface area contributed by atoms with E-state index in [4.69, 9.17) is 18.9 Å². The van der Waals surface area contributed by atoms with Crippen molar-refractivity contribution in [3.8, 4) is 5.75 Å². The van der Waals surface area contributed by atoms with Crippen LogP contribution in [-0.4, -0.2) is 56.5 Å². The predicted octanol–water partition coefficient (Wildman–Crippen LogP) is 2.34. The van der Waals surface area contributed by atoms with Gasteiger partial charge in [-0.1, -0.05) is 0 Å². The lowest BCUT2D eigenvalue weighted by Gasteiger charge is -2.29. The Bertz CT molecular complexity index is 727. The molecule has 154 valence electrons. The Hall–Kier alpha value is -2.81. The number of nitrogens with one attached hydrogen (secondary N) is 1. The Kier molecular flexibility index (Phi) is 7.22. The van der Waals surface area contributed by atoms with E-state index < -0.39 is 17.7 Å². The third-order valence-electron chi connectivity index (χ3n) is 3.53. The van der Waals surface area contributed by atoms with E-state index in [2.05, 4.69) is 5.32 Å². The summed E-state index contributed by atoms with van der Waals surface area (Å²) in [7, 11) is 0. The molecule has 0 saturated heterocycles. The molecule has 1 aromatic rings. The van der Waals surface area contributed by atoms with Gasteiger partial charge < -0.3 is 18.9 Å². The molecule has 0 fully saturated rings. The number of hydrogen-bond acceptors (Lipinski definition) is 7. The minimum Gasteiger partial charge on any atom is -0.482 e. The number of carbonyl (C=O) groups is 3. The van der Waals surface area contributed by atoms with Crippen LogP contribution in [0.2, 0.25) is 0 Å². The van der Waals surface area contributed by atoms with Crippen LogP contribution < -0.4 is 15.0 Å². The maximum Gasteiger partial charge on any atom is 0.412 e. The molecule has 0 radical (unpaired) electrons. The summed E-state index contributed by atoms with van der Waals surface area (Å²) >= 11 is 0. The summed E-state index contributed by atoms with van der Waals surface area (Å²) in [5.74, 6) is -0.522. The second-order valence-electron chi connectivity index (χ2n) is 7.00. The minimum atomic E-state index is -0.644. The first-order valence-electron chi connectivity index (χ1n) is 9.00. The summed E-state index contributed by atoms with van der Waals surface area (Å²) in [6.07, 6.45) is -0.627. The molecule has 0 aromatic heterocycles. The number of carbonyl (C=O) groups excluding carboxylic acids is 3. The van der Waals surface area contributed by atoms with Gasteiger partial charge in [0, 0.05) is 12.3 Å². The molecule has 2 rings (SSSR count). The fraction of sp³-hybridized carbons (Fsp3) is 0.526. The number of anilines is 2. The van der Waals surface area contributed by atoms with Crippen molar-refractivity contribution in [1.29, 1.82) is 0 Å². The lowest BCUT2D eigenvalue weighted by Crippen LogP contribution is -2.42. The van der Waals surface area contributed by atoms with Gasteiger partial charge in [-0.15, -0.1) is 0 Å². The number of hydrogen-bond donors (Lipinski definition) is 1. The minimum absolute atomic E-state index is 0.109. The molecule has 0 bridgehead atoms. The molecule has 9 nitrogen and oxygen atoms in total. The summed E-state index contributed by atoms with van der Waals surface area (Å²) in [6.45, 7) is 7.59. The van der Waals surface area contributed by atoms with E-state index in [1.165, 1.54) is 4.90 Å². The Morgan fingerprint density at radius 3 is 2.68 bits per heavy atom. The van der Waals surface area contributed by atoms with E-state index in [-0.39, 0.29) is 25.7 Å². The summed E-state index contributed by atoms with van der Waals surface area (Å²) < 4.78 is 20.8. The topological polar surface area (TPSA) is 103 Å². The number of benzene rings is 1. The Labute approximate surface area is 163 Å². The molecule has 0 aliphatic carbocycles. The fourth-order valence-corrected chi connectivity index (χ4v) is 2.41. The van der Waals surface area contributed by atoms with Crippen molar-refractivity contribution >= 4 is 29.3 Å². The van der Waals surface area contributed by atoms with Gasteiger partial charge in [0.25, 0.3) is 5.91 Å². The van der Waals surface area contributed by atoms with Crippen molar-refractivity contribution in [3.63, 3.8) is 0 Å². The van der Waals surface area contributed by atoms with Gasteiger partial charge >= 0.3 is 12.1 Å². The maximum atomic E-state index is 12.2. The molecule has 1 aliphatic heterocycles. The molecule has 28 heavy (non-hydrogen) atoms. The highest BCUT2D eigenvalue weighted by atomic mass is 16.6. The molecule has 0 saturated carbocycles. The van der Waals surface area contributed by atoms with E-state index in [1.807, 2.05) is 6.92 Å². The van der Waals surface area contributed by atoms with Crippen molar-refractivity contribution in [2.24, 2.45) is 0 Å². The highest BCUT2D eigenvalue weighted by Gasteiger charge is 2.28. The van der Waals surface area contributed by atoms with Gasteiger partial charge in [-0.2, -0.15) is 0 Å². The Morgan fingerprint density at radius 2 is 2.00 bits per heavy atom. The lowest BCUT2D eigenvalue weighted by atomic mass is 10.2. The van der Waals surface area contributed by atoms with Crippen molar-refractivity contribution < 1.29 is 33.3 Å². The SMILES string of the molecule is CCOCCOC(=O)CN1C(=O)COc2ccc(NC(=O)OC(C)(C)C)cc21. The van der Waals surface area contributed by atoms with Crippen LogP contribution in [0.5, 0.6) is 5.75 Å². The molecule has 1 N–H and O–H groups in total. The Morgan fingerprint density at radius 1 is 1.25 bits per heavy atom. The molecule has 0 unspecified atom stereocenters. The number of ether oxygens (including phenoxy) is 4. The number of nitrogens with zero attached hydrogens (tertiary/aromatic N) is 1. The molecular weight excluding hydrogens is 368 g/mol. The zero-order chi connectivity index (χ0) is 20.7. The van der Waals surface area contributed by atoms with Gasteiger partial charge in [0.1, 0.15) is 24.5 Å². The van der Waals surface area contributed by atoms with Crippen molar-refractivity contribution in [2.45, 2.75) is 33.3 Å². The van der Waals surface area contributed by atoms with Gasteiger partial charge in [-0.05, 0) is 45.9 Å². The number of fused-ring (bicyclic) bond motifs is 1. The average Bonchev–Trinajstić information content (AvgIpc) is 2.59. The van der Waals surface area contributed by atoms with Gasteiger partial charge in [0.2, 0.25) is 0 Å². The lowest BCUT2D eigenvalue weighted by molar-refractivity contribution is -0.144. The molecule has 1 aliphatic rings. The Balaban J connectivity index is 2.08. The first-order valence-corrected chi connectivity index (χ1v) is 9.00. The summed E-state index contributed by atoms with van der Waals surface area (Å²) in [4.78, 5) is 37.5. The van der Waals surface area contributed by atoms with Crippen LogP contribution >= 0.6 is 0 Å². The number of esters is 1. The van der Waals surface area contributed by atoms with Gasteiger partial charge in [-0.3, -0.25) is 19.8 Å². The standard InChI is InChI=1S/C19H26N2O7/c1-5-25-8-9-26-17(23)11-21-14-10-13(20-18(24)28-19(2,3)4)6-7-15(14)27-12-16(21)22/h6-7,10H,5,8-9,11-12H2,1-4H3,(H,20,24). The highest BCUT2D eigenvalue weighted by Crippen LogP contribution is 2.34. The zero-order valence-corrected chi connectivity index (χ0v) is 16.6. The quantitative estimate of drug-likeness (QED) is 0.559. The van der Waals surface area contributed by atoms with Crippen LogP contribution in [0.15, 0.2) is 18.2 Å². The second-order valence-corrected chi connectivity index (χ2v) is 7.00. The summed E-state index contributed by atoms with van der Waals surface area (Å²) in [5.41, 5.74) is 0.127. The zero-order valence-electron chi connectivity index (χ0n) is 16.6. The molecule has 1 aromatic carbocycles. The van der Waals surface area contributed by atoms with Crippen molar-refractivity contribution in [1.82, 2.24) is 0 Å². The van der Waals surface area contributed by atoms with E-state index in [0.717, 1.165) is 0 Å². The van der Waals surface area contributed by atoms with Crippen LogP contribution in [0.3, 0.4) is 0 Å². The van der Waals surface area contributed by atoms with Crippen LogP contribution in [0.25, 0.3) is 0 Å². The molecule has 9 heteroatoms. The van der Waals surface area contributed by atoms with E-state index in [9.17, 15) is 14.4 Å². The monoisotopic (exact) mass is 394 g/mol. The van der Waals surface area contributed by atoms with E-state index in [0.29, 0.717) is 30.3 Å². The van der Waals surface area contributed by atoms with Crippen molar-refractivity contribution in [2.75, 3.05) is 43.2 Å². The fourth-order valence-electron chi connectivity index (χ4n) is 2.41. The molecule has 0 spiro atoms. The molecule has 0 atom stereocenters. The average molecular weight is 394 g/mol. The second kappa shape index (κ2) is 9.41. The number of rotatable bonds is 7. The smallest absolute Gasteiger partial charge is 0.412 e. The third-order valence-corrected chi connectivity index (χ3v) is 3.53. The highest BCUT2D eigenvalue weighted by molar-refractivity contribution is 6.02. The van der Waals surface area contributed by atoms with Crippen LogP contribution in [0.4, 0.5) is 16.2 Å². The van der Waals surface area contributed by atoms with E-state index in [1.54, 1.807) is 39.0 Å². The van der Waals surface area contributed by atoms with Crippen molar-refractivity contribution in [3.05, 3.63) is 18.2 Å². The van der Waals surface area contributed by atoms with Crippen LogP contribution in [0, 0.1) is 0 Å². The molecule has 2 amide bonds. The molecular formula is C19H26N2O7. The van der Waals surface area contributed by atoms with Crippen LogP contribution in [0.1, 0.15) is 27.7 Å². The van der Waals surface area contributed by atoms with Gasteiger partial charge in [0.05, 0.1) is 12.3 Å². The first kappa shape index (κ1) is 21.5. The predicted molar refractivity (Wildman–Crippen MR) is 102 cm³/mol. The maximum absolute atomic E-state index is 12.2. The van der Waals surface area contributed by atoms with Gasteiger partial charge in [0.15, 0.2) is 6.61 Å². The largest absolute Gasteiger partial charge is 0.482 e. The summed E-state index contributed by atoms with van der Waals surface area (Å²) in [6, 6.07) is 4.78. The van der Waals surface area contributed by atoms with E-state index >= 15 is 0 Å². The molecule has 1 heterocycles.